The van der Waals surface area contributed by atoms with Crippen LogP contribution in [0.4, 0.5) is 20.2 Å². The van der Waals surface area contributed by atoms with Crippen LogP contribution in [0.25, 0.3) is 16.6 Å². The highest BCUT2D eigenvalue weighted by Gasteiger charge is 2.46. The van der Waals surface area contributed by atoms with Gasteiger partial charge in [-0.25, -0.2) is 13.6 Å². The first-order valence-corrected chi connectivity index (χ1v) is 18.0. The second-order valence-corrected chi connectivity index (χ2v) is 13.6. The van der Waals surface area contributed by atoms with Gasteiger partial charge in [0.2, 0.25) is 5.79 Å². The van der Waals surface area contributed by atoms with E-state index in [4.69, 9.17) is 14.2 Å². The van der Waals surface area contributed by atoms with Crippen molar-refractivity contribution in [1.82, 2.24) is 24.1 Å². The van der Waals surface area contributed by atoms with Crippen LogP contribution in [-0.2, 0) is 21.8 Å². The number of hydrogen-bond donors (Lipinski definition) is 0. The molecule has 0 N–H and O–H groups in total. The minimum Gasteiger partial charge on any atom is -0.491 e. The first-order chi connectivity index (χ1) is 25.8. The third-order valence-electron chi connectivity index (χ3n) is 10.2. The Labute approximate surface area is 305 Å². The molecule has 2 saturated heterocycles. The van der Waals surface area contributed by atoms with Crippen molar-refractivity contribution >= 4 is 22.3 Å². The zero-order valence-electron chi connectivity index (χ0n) is 29.6. The molecule has 0 aliphatic carbocycles. The summed E-state index contributed by atoms with van der Waals surface area (Å²) in [7, 11) is 0. The molecule has 11 nitrogen and oxygen atoms in total. The smallest absolute Gasteiger partial charge is 0.350 e. The summed E-state index contributed by atoms with van der Waals surface area (Å²) in [6.07, 6.45) is 3.69. The Balaban J connectivity index is 0.872. The Hall–Kier alpha value is -5.53. The molecule has 2 fully saturated rings. The molecule has 3 unspecified atom stereocenters. The maximum absolute atomic E-state index is 15.2. The Morgan fingerprint density at radius 1 is 0.887 bits per heavy atom. The predicted octanol–water partition coefficient (Wildman–Crippen LogP) is 6.31. The second kappa shape index (κ2) is 14.5. The number of anilines is 2. The van der Waals surface area contributed by atoms with E-state index in [0.29, 0.717) is 5.75 Å². The van der Waals surface area contributed by atoms with E-state index in [9.17, 15) is 9.18 Å². The van der Waals surface area contributed by atoms with E-state index in [2.05, 4.69) is 26.9 Å². The van der Waals surface area contributed by atoms with Crippen LogP contribution >= 0.6 is 0 Å². The van der Waals surface area contributed by atoms with E-state index in [1.54, 1.807) is 21.8 Å². The number of hydrogen-bond acceptors (Lipinski definition) is 8. The molecular formula is C40H41F2N7O4. The summed E-state index contributed by atoms with van der Waals surface area (Å²) in [6, 6.07) is 27.1. The summed E-state index contributed by atoms with van der Waals surface area (Å²) in [5.41, 5.74) is 3.77. The van der Waals surface area contributed by atoms with Crippen molar-refractivity contribution in [3.8, 4) is 11.4 Å². The molecule has 53 heavy (non-hydrogen) atoms. The Morgan fingerprint density at radius 2 is 1.57 bits per heavy atom. The van der Waals surface area contributed by atoms with Gasteiger partial charge in [-0.3, -0.25) is 9.25 Å². The van der Waals surface area contributed by atoms with E-state index in [-0.39, 0.29) is 37.1 Å². The van der Waals surface area contributed by atoms with Crippen LogP contribution in [0.15, 0.2) is 108 Å². The first kappa shape index (κ1) is 34.6. The maximum atomic E-state index is 15.2. The van der Waals surface area contributed by atoms with Crippen molar-refractivity contribution in [2.24, 2.45) is 0 Å². The number of nitrogens with zero attached hydrogens (tertiary/aromatic N) is 7. The van der Waals surface area contributed by atoms with E-state index in [1.165, 1.54) is 16.8 Å². The Kier molecular flexibility index (Phi) is 9.44. The topological polar surface area (TPSA) is 91.8 Å². The lowest BCUT2D eigenvalue weighted by molar-refractivity contribution is -0.192. The molecule has 2 aliphatic rings. The number of para-hydroxylation sites is 1. The monoisotopic (exact) mass is 721 g/mol. The van der Waals surface area contributed by atoms with Gasteiger partial charge in [-0.1, -0.05) is 25.1 Å². The zero-order valence-corrected chi connectivity index (χ0v) is 29.6. The van der Waals surface area contributed by atoms with Crippen molar-refractivity contribution < 1.29 is 23.0 Å². The summed E-state index contributed by atoms with van der Waals surface area (Å²) >= 11 is 0. The van der Waals surface area contributed by atoms with Crippen molar-refractivity contribution in [2.75, 3.05) is 49.2 Å². The average Bonchev–Trinajstić information content (AvgIpc) is 3.91. The number of benzene rings is 4. The second-order valence-electron chi connectivity index (χ2n) is 13.6. The molecule has 0 amide bonds. The van der Waals surface area contributed by atoms with E-state index < -0.39 is 23.5 Å². The molecule has 0 bridgehead atoms. The quantitative estimate of drug-likeness (QED) is 0.154. The molecular weight excluding hydrogens is 680 g/mol. The van der Waals surface area contributed by atoms with Gasteiger partial charge in [-0.05, 0) is 80.1 Å². The summed E-state index contributed by atoms with van der Waals surface area (Å²) in [5.74, 6) is -2.28. The van der Waals surface area contributed by atoms with E-state index in [1.807, 2.05) is 79.7 Å². The first-order valence-electron chi connectivity index (χ1n) is 18.0. The molecule has 2 aliphatic heterocycles. The number of ether oxygens (including phenoxy) is 3. The number of aromatic nitrogens is 5. The Morgan fingerprint density at radius 3 is 2.26 bits per heavy atom. The standard InChI is InChI=1S/C40H41F2N7O4/c1-3-28(2)47-27-44-49(39(47)50)33-11-9-31(10-12-33)45-18-20-46(21-19-45)32-13-15-34(16-14-32)51-24-35-25-52-40(53-35,36-17-8-30(41)22-37(36)42)26-48-38-7-5-4-6-29(38)23-43-48/h4-17,22-23,27-28,35H,3,18-21,24-26H2,1-2H3. The number of rotatable bonds is 11. The summed E-state index contributed by atoms with van der Waals surface area (Å²) in [4.78, 5) is 17.5. The van der Waals surface area contributed by atoms with Crippen LogP contribution in [-0.4, -0.2) is 69.6 Å². The predicted molar refractivity (Wildman–Crippen MR) is 198 cm³/mol. The Bertz CT molecular complexity index is 2250. The lowest BCUT2D eigenvalue weighted by Crippen LogP contribution is -2.46. The van der Waals surface area contributed by atoms with Gasteiger partial charge in [-0.2, -0.15) is 14.9 Å². The van der Waals surface area contributed by atoms with Crippen LogP contribution in [0.5, 0.6) is 5.75 Å². The molecule has 13 heteroatoms. The number of fused-ring (bicyclic) bond motifs is 1. The van der Waals surface area contributed by atoms with Gasteiger partial charge in [0, 0.05) is 60.6 Å². The van der Waals surface area contributed by atoms with Crippen molar-refractivity contribution in [3.63, 3.8) is 0 Å². The van der Waals surface area contributed by atoms with Gasteiger partial charge in [0.25, 0.3) is 0 Å². The van der Waals surface area contributed by atoms with Crippen LogP contribution in [0.2, 0.25) is 0 Å². The van der Waals surface area contributed by atoms with Crippen LogP contribution in [0, 0.1) is 11.6 Å². The highest BCUT2D eigenvalue weighted by atomic mass is 19.1. The van der Waals surface area contributed by atoms with Gasteiger partial charge >= 0.3 is 5.69 Å². The third-order valence-corrected chi connectivity index (χ3v) is 10.2. The molecule has 4 heterocycles. The molecule has 6 aromatic rings. The lowest BCUT2D eigenvalue weighted by Gasteiger charge is -2.37. The normalized spacial score (nSPS) is 19.6. The molecule has 3 atom stereocenters. The number of halogens is 2. The minimum atomic E-state index is -1.52. The van der Waals surface area contributed by atoms with Gasteiger partial charge in [0.05, 0.1) is 24.0 Å². The zero-order chi connectivity index (χ0) is 36.5. The average molecular weight is 722 g/mol. The molecule has 0 radical (unpaired) electrons. The fraction of sp³-hybridized carbons (Fsp3) is 0.325. The largest absolute Gasteiger partial charge is 0.491 e. The van der Waals surface area contributed by atoms with Crippen molar-refractivity contribution in [3.05, 3.63) is 131 Å². The molecule has 4 aromatic carbocycles. The van der Waals surface area contributed by atoms with Gasteiger partial charge in [-0.15, -0.1) is 0 Å². The molecule has 0 saturated carbocycles. The molecule has 274 valence electrons. The minimum absolute atomic E-state index is 0.0684. The van der Waals surface area contributed by atoms with Crippen LogP contribution in [0.1, 0.15) is 31.9 Å². The van der Waals surface area contributed by atoms with Crippen LogP contribution < -0.4 is 20.2 Å². The number of piperazine rings is 1. The SMILES string of the molecule is CCC(C)n1cnn(-c2ccc(N3CCN(c4ccc(OCC5COC(Cn6ncc7ccccc76)(c6ccc(F)cc6F)O5)cc4)CC3)cc2)c1=O. The van der Waals surface area contributed by atoms with Crippen LogP contribution in [0.3, 0.4) is 0 Å². The summed E-state index contributed by atoms with van der Waals surface area (Å²) in [6.45, 7) is 7.86. The molecule has 2 aromatic heterocycles. The summed E-state index contributed by atoms with van der Waals surface area (Å²) < 4.78 is 52.7. The maximum Gasteiger partial charge on any atom is 0.350 e. The molecule has 8 rings (SSSR count). The summed E-state index contributed by atoms with van der Waals surface area (Å²) in [5, 5.41) is 9.74. The fourth-order valence-electron chi connectivity index (χ4n) is 7.07. The van der Waals surface area contributed by atoms with Gasteiger partial charge in [0.15, 0.2) is 0 Å². The third kappa shape index (κ3) is 6.89. The van der Waals surface area contributed by atoms with Crippen molar-refractivity contribution in [1.29, 1.82) is 0 Å². The van der Waals surface area contributed by atoms with E-state index >= 15 is 4.39 Å². The molecule has 0 spiro atoms. The highest BCUT2D eigenvalue weighted by Crippen LogP contribution is 2.38. The van der Waals surface area contributed by atoms with E-state index in [0.717, 1.165) is 66.6 Å². The van der Waals surface area contributed by atoms with Gasteiger partial charge < -0.3 is 24.0 Å². The van der Waals surface area contributed by atoms with Gasteiger partial charge in [0.1, 0.15) is 43.0 Å². The highest BCUT2D eigenvalue weighted by molar-refractivity contribution is 5.78. The lowest BCUT2D eigenvalue weighted by atomic mass is 10.0. The fourth-order valence-corrected chi connectivity index (χ4v) is 7.07. The van der Waals surface area contributed by atoms with Crippen molar-refractivity contribution in [2.45, 2.75) is 44.7 Å².